The van der Waals surface area contributed by atoms with Gasteiger partial charge in [-0.1, -0.05) is 0 Å². The number of rotatable bonds is 0. The van der Waals surface area contributed by atoms with E-state index in [2.05, 4.69) is 0 Å². The van der Waals surface area contributed by atoms with E-state index >= 15 is 0 Å². The van der Waals surface area contributed by atoms with Crippen LogP contribution in [0.4, 0.5) is 0 Å². The fourth-order valence-electron chi connectivity index (χ4n) is 0.0452. The maximum Gasteiger partial charge on any atom is 0 e. The Kier molecular flexibility index (Phi) is 23.1. The molecule has 0 aromatic rings. The first-order valence-electron chi connectivity index (χ1n) is 1.12. The Bertz CT molecular complexity index is 140. The SMILES string of the molecule is N#[C][Au]([C]#N)[C]#N.[Au].[K]. The van der Waals surface area contributed by atoms with E-state index in [0.717, 1.165) is 0 Å². The molecule has 0 amide bonds. The minimum atomic E-state index is -2.33. The van der Waals surface area contributed by atoms with Gasteiger partial charge in [0, 0.05) is 73.8 Å². The molecule has 9 heavy (non-hydrogen) atoms. The van der Waals surface area contributed by atoms with Crippen molar-refractivity contribution < 1.29 is 40.8 Å². The maximum atomic E-state index is 7.90. The zero-order valence-corrected chi connectivity index (χ0v) is 11.9. The molecule has 0 bridgehead atoms. The summed E-state index contributed by atoms with van der Waals surface area (Å²) < 4.78 is 4.88. The number of nitriles is 3. The molecular weight excluding hydrogens is 511 g/mol. The molecule has 0 unspecified atom stereocenters. The van der Waals surface area contributed by atoms with E-state index in [9.17, 15) is 0 Å². The van der Waals surface area contributed by atoms with Gasteiger partial charge in [0.2, 0.25) is 0 Å². The molecule has 0 fully saturated rings. The second-order valence-corrected chi connectivity index (χ2v) is 3.51. The van der Waals surface area contributed by atoms with E-state index in [-0.39, 0.29) is 73.8 Å². The molecule has 0 rings (SSSR count). The zero-order valence-electron chi connectivity index (χ0n) is 4.44. The van der Waals surface area contributed by atoms with Crippen molar-refractivity contribution in [1.29, 1.82) is 15.8 Å². The van der Waals surface area contributed by atoms with E-state index in [1.807, 2.05) is 0 Å². The van der Waals surface area contributed by atoms with Gasteiger partial charge in [-0.15, -0.1) is 0 Å². The molecule has 0 aromatic carbocycles. The predicted octanol–water partition coefficient (Wildman–Crippen LogP) is -0.335. The third-order valence-electron chi connectivity index (χ3n) is 0.202. The molecule has 50 valence electrons. The normalized spacial score (nSPS) is 5.67. The van der Waals surface area contributed by atoms with Gasteiger partial charge in [-0.3, -0.25) is 0 Å². The molecule has 0 aliphatic heterocycles. The summed E-state index contributed by atoms with van der Waals surface area (Å²) in [6.07, 6.45) is 0. The Morgan fingerprint density at radius 1 is 0.889 bits per heavy atom. The van der Waals surface area contributed by atoms with Crippen LogP contribution in [0, 0.1) is 28.6 Å². The van der Waals surface area contributed by atoms with Gasteiger partial charge in [-0.05, 0) is 0 Å². The topological polar surface area (TPSA) is 71.4 Å². The summed E-state index contributed by atoms with van der Waals surface area (Å²) in [6.45, 7) is 0. The van der Waals surface area contributed by atoms with Crippen LogP contribution < -0.4 is 0 Å². The van der Waals surface area contributed by atoms with Crippen LogP contribution in [0.5, 0.6) is 0 Å². The van der Waals surface area contributed by atoms with Crippen molar-refractivity contribution in [3.63, 3.8) is 0 Å². The fourth-order valence-corrected chi connectivity index (χ4v) is 0.370. The molecule has 0 aromatic heterocycles. The minimum Gasteiger partial charge on any atom is 0 e. The summed E-state index contributed by atoms with van der Waals surface area (Å²) in [4.78, 5) is 0. The molecule has 0 atom stereocenters. The van der Waals surface area contributed by atoms with Gasteiger partial charge >= 0.3 is 47.1 Å². The van der Waals surface area contributed by atoms with Crippen LogP contribution in [0.3, 0.4) is 0 Å². The monoisotopic (exact) mass is 511 g/mol. The van der Waals surface area contributed by atoms with Crippen LogP contribution in [0.2, 0.25) is 0 Å². The average molecular weight is 511 g/mol. The first kappa shape index (κ1) is 16.9. The van der Waals surface area contributed by atoms with Crippen molar-refractivity contribution in [2.75, 3.05) is 0 Å². The molecular formula is C3Au2KN3. The molecule has 0 aliphatic rings. The van der Waals surface area contributed by atoms with Gasteiger partial charge in [-0.2, -0.15) is 0 Å². The molecule has 0 aliphatic carbocycles. The van der Waals surface area contributed by atoms with Crippen LogP contribution in [0.15, 0.2) is 0 Å². The summed E-state index contributed by atoms with van der Waals surface area (Å²) >= 11 is -2.33. The molecule has 3 nitrogen and oxygen atoms in total. The van der Waals surface area contributed by atoms with Crippen LogP contribution in [-0.2, 0) is 40.8 Å². The smallest absolute Gasteiger partial charge is 0 e. The van der Waals surface area contributed by atoms with Gasteiger partial charge in [0.15, 0.2) is 0 Å². The van der Waals surface area contributed by atoms with Crippen LogP contribution in [-0.4, -0.2) is 51.4 Å². The van der Waals surface area contributed by atoms with Gasteiger partial charge in [-0.25, -0.2) is 0 Å². The largest absolute Gasteiger partial charge is 0 e. The average Bonchev–Trinajstić information content (AvgIpc) is 1.72. The molecule has 0 saturated heterocycles. The Balaban J connectivity index is -0.000000180. The van der Waals surface area contributed by atoms with Crippen LogP contribution in [0.1, 0.15) is 0 Å². The standard InChI is InChI=1S/3CN.2Au.K/c3*1-2;;;. The first-order valence-corrected chi connectivity index (χ1v) is 4.37. The van der Waals surface area contributed by atoms with E-state index in [1.54, 1.807) is 12.9 Å². The minimum absolute atomic E-state index is 0. The van der Waals surface area contributed by atoms with Crippen molar-refractivity contribution in [2.45, 2.75) is 0 Å². The summed E-state index contributed by atoms with van der Waals surface area (Å²) in [5, 5.41) is 23.7. The Hall–Kier alpha value is 1.59. The van der Waals surface area contributed by atoms with Crippen molar-refractivity contribution in [2.24, 2.45) is 0 Å². The molecule has 6 heteroatoms. The second-order valence-electron chi connectivity index (χ2n) is 0.428. The van der Waals surface area contributed by atoms with Crippen molar-refractivity contribution in [1.82, 2.24) is 0 Å². The van der Waals surface area contributed by atoms with Gasteiger partial charge in [0.1, 0.15) is 0 Å². The fraction of sp³-hybridized carbons (Fsp3) is 0. The number of hydrogen-bond donors (Lipinski definition) is 0. The Morgan fingerprint density at radius 2 is 1.11 bits per heavy atom. The maximum absolute atomic E-state index is 7.90. The molecule has 0 N–H and O–H groups in total. The third-order valence-corrected chi connectivity index (χ3v) is 1.66. The quantitative estimate of drug-likeness (QED) is 0.419. The van der Waals surface area contributed by atoms with E-state index in [4.69, 9.17) is 15.8 Å². The van der Waals surface area contributed by atoms with Crippen molar-refractivity contribution in [3.8, 4) is 12.9 Å². The van der Waals surface area contributed by atoms with E-state index < -0.39 is 18.4 Å². The Labute approximate surface area is 118 Å². The summed E-state index contributed by atoms with van der Waals surface area (Å²) in [5.41, 5.74) is 0. The van der Waals surface area contributed by atoms with Crippen molar-refractivity contribution >= 4 is 51.4 Å². The number of hydrogen-bond acceptors (Lipinski definition) is 3. The molecule has 2 radical (unpaired) electrons. The van der Waals surface area contributed by atoms with Gasteiger partial charge in [0.05, 0.1) is 0 Å². The van der Waals surface area contributed by atoms with Crippen LogP contribution >= 0.6 is 0 Å². The predicted molar refractivity (Wildman–Crippen MR) is 22.6 cm³/mol. The Morgan fingerprint density at radius 3 is 1.11 bits per heavy atom. The van der Waals surface area contributed by atoms with Crippen LogP contribution in [0.25, 0.3) is 0 Å². The van der Waals surface area contributed by atoms with Gasteiger partial charge < -0.3 is 0 Å². The molecule has 0 heterocycles. The first-order chi connectivity index (χ1) is 3.35. The van der Waals surface area contributed by atoms with Gasteiger partial charge in [0.25, 0.3) is 0 Å². The number of nitrogens with zero attached hydrogens (tertiary/aromatic N) is 3. The summed E-state index contributed by atoms with van der Waals surface area (Å²) in [6, 6.07) is 0. The zero-order chi connectivity index (χ0) is 5.70. The van der Waals surface area contributed by atoms with Crippen molar-refractivity contribution in [3.05, 3.63) is 0 Å². The summed E-state index contributed by atoms with van der Waals surface area (Å²) in [5.74, 6) is 0. The molecule has 0 saturated carbocycles. The van der Waals surface area contributed by atoms with E-state index in [0.29, 0.717) is 0 Å². The third kappa shape index (κ3) is 9.59. The summed E-state index contributed by atoms with van der Waals surface area (Å²) in [7, 11) is 0. The van der Waals surface area contributed by atoms with E-state index in [1.165, 1.54) is 0 Å². The second kappa shape index (κ2) is 12.3. The molecule has 0 spiro atoms.